The SMILES string of the molecule is Cc1cc(C(=O)COC(=O)C2=Cc3ccccc3OC2)c(C)n1C. The predicted octanol–water partition coefficient (Wildman–Crippen LogP) is 2.84. The van der Waals surface area contributed by atoms with Gasteiger partial charge in [-0.15, -0.1) is 0 Å². The van der Waals surface area contributed by atoms with Crippen molar-refractivity contribution in [2.45, 2.75) is 13.8 Å². The number of aryl methyl sites for hydroxylation is 1. The van der Waals surface area contributed by atoms with Gasteiger partial charge in [0.15, 0.2) is 6.61 Å². The van der Waals surface area contributed by atoms with E-state index in [-0.39, 0.29) is 19.0 Å². The number of fused-ring (bicyclic) bond motifs is 1. The number of ether oxygens (including phenoxy) is 2. The van der Waals surface area contributed by atoms with Crippen LogP contribution >= 0.6 is 0 Å². The molecule has 2 heterocycles. The van der Waals surface area contributed by atoms with Crippen molar-refractivity contribution in [2.24, 2.45) is 7.05 Å². The molecule has 0 unspecified atom stereocenters. The van der Waals surface area contributed by atoms with E-state index >= 15 is 0 Å². The van der Waals surface area contributed by atoms with E-state index in [2.05, 4.69) is 0 Å². The number of hydrogen-bond donors (Lipinski definition) is 0. The molecule has 0 saturated carbocycles. The molecule has 1 aliphatic heterocycles. The molecule has 0 atom stereocenters. The quantitative estimate of drug-likeness (QED) is 0.641. The molecular formula is C19H19NO4. The largest absolute Gasteiger partial charge is 0.488 e. The van der Waals surface area contributed by atoms with Gasteiger partial charge in [-0.2, -0.15) is 0 Å². The van der Waals surface area contributed by atoms with Crippen molar-refractivity contribution >= 4 is 17.8 Å². The number of ketones is 1. The highest BCUT2D eigenvalue weighted by Gasteiger charge is 2.20. The Labute approximate surface area is 140 Å². The van der Waals surface area contributed by atoms with Gasteiger partial charge in [0, 0.05) is 29.6 Å². The Bertz CT molecular complexity index is 845. The summed E-state index contributed by atoms with van der Waals surface area (Å²) in [4.78, 5) is 24.4. The molecule has 0 spiro atoms. The van der Waals surface area contributed by atoms with Crippen LogP contribution in [0.1, 0.15) is 27.3 Å². The van der Waals surface area contributed by atoms with Crippen molar-refractivity contribution in [3.05, 3.63) is 58.4 Å². The van der Waals surface area contributed by atoms with Gasteiger partial charge in [0.05, 0.1) is 5.57 Å². The Morgan fingerprint density at radius 3 is 2.71 bits per heavy atom. The summed E-state index contributed by atoms with van der Waals surface area (Å²) in [6.45, 7) is 3.67. The summed E-state index contributed by atoms with van der Waals surface area (Å²) in [6, 6.07) is 9.27. The minimum atomic E-state index is -0.525. The molecule has 0 aliphatic carbocycles. The molecule has 0 N–H and O–H groups in total. The Morgan fingerprint density at radius 2 is 2.00 bits per heavy atom. The highest BCUT2D eigenvalue weighted by Crippen LogP contribution is 2.26. The van der Waals surface area contributed by atoms with E-state index in [0.717, 1.165) is 22.7 Å². The van der Waals surface area contributed by atoms with Crippen LogP contribution < -0.4 is 4.74 Å². The van der Waals surface area contributed by atoms with Crippen LogP contribution in [0, 0.1) is 13.8 Å². The van der Waals surface area contributed by atoms with Crippen molar-refractivity contribution in [3.8, 4) is 5.75 Å². The maximum Gasteiger partial charge on any atom is 0.337 e. The average Bonchev–Trinajstić information content (AvgIpc) is 2.86. The van der Waals surface area contributed by atoms with Gasteiger partial charge < -0.3 is 14.0 Å². The third kappa shape index (κ3) is 2.97. The molecule has 0 fully saturated rings. The fourth-order valence-corrected chi connectivity index (χ4v) is 2.67. The zero-order chi connectivity index (χ0) is 17.3. The minimum absolute atomic E-state index is 0.146. The van der Waals surface area contributed by atoms with E-state index in [4.69, 9.17) is 9.47 Å². The number of aromatic nitrogens is 1. The summed E-state index contributed by atoms with van der Waals surface area (Å²) in [5.74, 6) is 0.00551. The molecule has 2 aromatic rings. The molecule has 124 valence electrons. The smallest absolute Gasteiger partial charge is 0.337 e. The highest BCUT2D eigenvalue weighted by atomic mass is 16.5. The number of para-hydroxylation sites is 1. The maximum absolute atomic E-state index is 12.3. The van der Waals surface area contributed by atoms with E-state index in [1.54, 1.807) is 6.08 Å². The second-order valence-electron chi connectivity index (χ2n) is 5.84. The summed E-state index contributed by atoms with van der Waals surface area (Å²) in [5.41, 5.74) is 3.67. The molecule has 1 aliphatic rings. The first-order valence-corrected chi connectivity index (χ1v) is 7.73. The molecule has 0 saturated heterocycles. The average molecular weight is 325 g/mol. The van der Waals surface area contributed by atoms with Crippen molar-refractivity contribution in [2.75, 3.05) is 13.2 Å². The van der Waals surface area contributed by atoms with E-state index in [1.165, 1.54) is 0 Å². The number of nitrogens with zero attached hydrogens (tertiary/aromatic N) is 1. The standard InChI is InChI=1S/C19H19NO4/c1-12-8-16(13(2)20(12)3)17(21)11-24-19(22)15-9-14-6-4-5-7-18(14)23-10-15/h4-9H,10-11H2,1-3H3. The van der Waals surface area contributed by atoms with Gasteiger partial charge in [-0.1, -0.05) is 18.2 Å². The van der Waals surface area contributed by atoms with Crippen molar-refractivity contribution in [3.63, 3.8) is 0 Å². The fourth-order valence-electron chi connectivity index (χ4n) is 2.67. The highest BCUT2D eigenvalue weighted by molar-refractivity contribution is 6.01. The maximum atomic E-state index is 12.3. The van der Waals surface area contributed by atoms with Gasteiger partial charge in [-0.3, -0.25) is 4.79 Å². The number of carbonyl (C=O) groups excluding carboxylic acids is 2. The van der Waals surface area contributed by atoms with E-state index in [0.29, 0.717) is 11.1 Å². The number of carbonyl (C=O) groups is 2. The lowest BCUT2D eigenvalue weighted by atomic mass is 10.1. The Morgan fingerprint density at radius 1 is 1.25 bits per heavy atom. The van der Waals surface area contributed by atoms with Gasteiger partial charge in [0.2, 0.25) is 5.78 Å². The fraction of sp³-hybridized carbons (Fsp3) is 0.263. The van der Waals surface area contributed by atoms with Gasteiger partial charge in [-0.25, -0.2) is 4.79 Å². The second-order valence-corrected chi connectivity index (χ2v) is 5.84. The summed E-state index contributed by atoms with van der Waals surface area (Å²) >= 11 is 0. The summed E-state index contributed by atoms with van der Waals surface area (Å²) in [6.07, 6.45) is 1.74. The topological polar surface area (TPSA) is 57.5 Å². The zero-order valence-corrected chi connectivity index (χ0v) is 14.0. The predicted molar refractivity (Wildman–Crippen MR) is 90.1 cm³/mol. The third-order valence-corrected chi connectivity index (χ3v) is 4.30. The lowest BCUT2D eigenvalue weighted by Gasteiger charge is -2.16. The molecule has 1 aromatic heterocycles. The first-order valence-electron chi connectivity index (χ1n) is 7.73. The molecule has 24 heavy (non-hydrogen) atoms. The van der Waals surface area contributed by atoms with E-state index in [9.17, 15) is 9.59 Å². The van der Waals surface area contributed by atoms with Crippen LogP contribution in [0.25, 0.3) is 6.08 Å². The number of Topliss-reactive ketones (excluding diaryl/α,β-unsaturated/α-hetero) is 1. The van der Waals surface area contributed by atoms with Gasteiger partial charge in [0.1, 0.15) is 12.4 Å². The molecule has 1 aromatic carbocycles. The number of esters is 1. The van der Waals surface area contributed by atoms with Gasteiger partial charge in [-0.05, 0) is 32.1 Å². The summed E-state index contributed by atoms with van der Waals surface area (Å²) in [7, 11) is 1.90. The van der Waals surface area contributed by atoms with E-state index in [1.807, 2.05) is 55.8 Å². The van der Waals surface area contributed by atoms with Gasteiger partial charge in [0.25, 0.3) is 0 Å². The second kappa shape index (κ2) is 6.35. The zero-order valence-electron chi connectivity index (χ0n) is 14.0. The molecule has 0 radical (unpaired) electrons. The van der Waals surface area contributed by atoms with Crippen LogP contribution in [-0.4, -0.2) is 29.5 Å². The molecule has 3 rings (SSSR count). The minimum Gasteiger partial charge on any atom is -0.488 e. The number of rotatable bonds is 4. The molecular weight excluding hydrogens is 306 g/mol. The number of hydrogen-bond acceptors (Lipinski definition) is 4. The number of benzene rings is 1. The van der Waals surface area contributed by atoms with Gasteiger partial charge >= 0.3 is 5.97 Å². The Hall–Kier alpha value is -2.82. The monoisotopic (exact) mass is 325 g/mol. The first-order chi connectivity index (χ1) is 11.5. The van der Waals surface area contributed by atoms with E-state index < -0.39 is 5.97 Å². The normalized spacial score (nSPS) is 12.9. The first kappa shape index (κ1) is 16.1. The molecule has 0 bridgehead atoms. The Kier molecular flexibility index (Phi) is 4.25. The third-order valence-electron chi connectivity index (χ3n) is 4.30. The van der Waals surface area contributed by atoms with Crippen molar-refractivity contribution in [1.82, 2.24) is 4.57 Å². The van der Waals surface area contributed by atoms with Crippen LogP contribution in [0.2, 0.25) is 0 Å². The van der Waals surface area contributed by atoms with Crippen LogP contribution in [-0.2, 0) is 16.6 Å². The van der Waals surface area contributed by atoms with Crippen LogP contribution in [0.5, 0.6) is 5.75 Å². The molecule has 0 amide bonds. The molecule has 5 heteroatoms. The lowest BCUT2D eigenvalue weighted by Crippen LogP contribution is -2.20. The van der Waals surface area contributed by atoms with Crippen LogP contribution in [0.4, 0.5) is 0 Å². The van der Waals surface area contributed by atoms with Crippen LogP contribution in [0.3, 0.4) is 0 Å². The van der Waals surface area contributed by atoms with Crippen molar-refractivity contribution < 1.29 is 19.1 Å². The molecule has 5 nitrogen and oxygen atoms in total. The summed E-state index contributed by atoms with van der Waals surface area (Å²) < 4.78 is 12.6. The van der Waals surface area contributed by atoms with Crippen LogP contribution in [0.15, 0.2) is 35.9 Å². The van der Waals surface area contributed by atoms with Crippen molar-refractivity contribution in [1.29, 1.82) is 0 Å². The summed E-state index contributed by atoms with van der Waals surface area (Å²) in [5, 5.41) is 0. The lowest BCUT2D eigenvalue weighted by molar-refractivity contribution is -0.138. The Balaban J connectivity index is 1.67.